The summed E-state index contributed by atoms with van der Waals surface area (Å²) in [4.78, 5) is 2.20. The lowest BCUT2D eigenvalue weighted by Crippen LogP contribution is -2.52. The molecule has 0 radical (unpaired) electrons. The van der Waals surface area contributed by atoms with Gasteiger partial charge in [0.25, 0.3) is 0 Å². The Labute approximate surface area is 191 Å². The maximum Gasteiger partial charge on any atom is 0.236 e. The van der Waals surface area contributed by atoms with E-state index < -0.39 is 0 Å². The Kier molecular flexibility index (Phi) is 5.75. The lowest BCUT2D eigenvalue weighted by Gasteiger charge is -2.39. The van der Waals surface area contributed by atoms with Crippen molar-refractivity contribution < 1.29 is 14.5 Å². The molecule has 1 aromatic heterocycles. The summed E-state index contributed by atoms with van der Waals surface area (Å²) >= 11 is 12.9. The Balaban J connectivity index is 1.35. The Bertz CT molecular complexity index is 957. The first kappa shape index (κ1) is 20.9. The van der Waals surface area contributed by atoms with E-state index >= 15 is 0 Å². The number of nitrogens with zero attached hydrogens (tertiary/aromatic N) is 3. The number of guanidine groups is 1. The number of hydrogen-bond acceptors (Lipinski definition) is 5. The predicted molar refractivity (Wildman–Crippen MR) is 119 cm³/mol. The first-order valence-electron chi connectivity index (χ1n) is 10.8. The quantitative estimate of drug-likeness (QED) is 0.280. The molecule has 166 valence electrons. The molecule has 2 saturated heterocycles. The molecule has 5 rings (SSSR count). The van der Waals surface area contributed by atoms with Crippen LogP contribution in [0.3, 0.4) is 0 Å². The molecule has 2 aromatic rings. The maximum atomic E-state index is 9.32. The zero-order valence-corrected chi connectivity index (χ0v) is 18.9. The molecule has 3 heterocycles. The van der Waals surface area contributed by atoms with Gasteiger partial charge in [-0.05, 0) is 50.7 Å². The highest BCUT2D eigenvalue weighted by atomic mass is 35.5. The molecule has 9 heteroatoms. The number of piperidine rings is 1. The molecule has 2 aliphatic heterocycles. The minimum atomic E-state index is 0.127. The molecule has 1 saturated carbocycles. The van der Waals surface area contributed by atoms with Gasteiger partial charge >= 0.3 is 0 Å². The van der Waals surface area contributed by atoms with Crippen LogP contribution in [0.25, 0.3) is 11.3 Å². The second-order valence-electron chi connectivity index (χ2n) is 8.62. The van der Waals surface area contributed by atoms with Crippen LogP contribution in [0, 0.1) is 0 Å². The first-order chi connectivity index (χ1) is 15.1. The SMILES string of the molecule is CN/C(=N\O)N1[C@@H]2CC[C@H]1C[C@@H](OCc1c(-c3c(Cl)cccc3Cl)noc1C1CC1)C2. The largest absolute Gasteiger partial charge is 0.408 e. The molecule has 0 spiro atoms. The Hall–Kier alpha value is -1.96. The lowest BCUT2D eigenvalue weighted by molar-refractivity contribution is -0.0127. The number of oxime groups is 1. The van der Waals surface area contributed by atoms with E-state index in [-0.39, 0.29) is 6.10 Å². The van der Waals surface area contributed by atoms with Crippen LogP contribution in [0.5, 0.6) is 0 Å². The van der Waals surface area contributed by atoms with Gasteiger partial charge in [0.2, 0.25) is 5.96 Å². The number of aromatic nitrogens is 1. The summed E-state index contributed by atoms with van der Waals surface area (Å²) in [5, 5.41) is 21.2. The van der Waals surface area contributed by atoms with E-state index in [0.29, 0.717) is 51.9 Å². The molecular weight excluding hydrogens is 439 g/mol. The van der Waals surface area contributed by atoms with Gasteiger partial charge in [0.15, 0.2) is 0 Å². The van der Waals surface area contributed by atoms with Crippen molar-refractivity contribution in [3.8, 4) is 11.3 Å². The second kappa shape index (κ2) is 8.52. The van der Waals surface area contributed by atoms with Gasteiger partial charge in [-0.1, -0.05) is 39.6 Å². The molecule has 3 atom stereocenters. The fourth-order valence-electron chi connectivity index (χ4n) is 5.09. The van der Waals surface area contributed by atoms with Crippen molar-refractivity contribution in [3.05, 3.63) is 39.6 Å². The molecule has 31 heavy (non-hydrogen) atoms. The smallest absolute Gasteiger partial charge is 0.236 e. The maximum absolute atomic E-state index is 9.32. The van der Waals surface area contributed by atoms with Crippen molar-refractivity contribution >= 4 is 29.2 Å². The summed E-state index contributed by atoms with van der Waals surface area (Å²) in [7, 11) is 1.78. The Morgan fingerprint density at radius 3 is 2.48 bits per heavy atom. The fourth-order valence-corrected chi connectivity index (χ4v) is 5.67. The molecule has 1 aliphatic carbocycles. The van der Waals surface area contributed by atoms with Crippen molar-refractivity contribution in [2.75, 3.05) is 7.05 Å². The molecule has 0 unspecified atom stereocenters. The summed E-state index contributed by atoms with van der Waals surface area (Å²) in [5.74, 6) is 1.84. The van der Waals surface area contributed by atoms with Crippen molar-refractivity contribution in [2.45, 2.75) is 69.2 Å². The first-order valence-corrected chi connectivity index (χ1v) is 11.6. The van der Waals surface area contributed by atoms with Crippen LogP contribution in [0.4, 0.5) is 0 Å². The second-order valence-corrected chi connectivity index (χ2v) is 9.43. The third-order valence-corrected chi connectivity index (χ3v) is 7.31. The van der Waals surface area contributed by atoms with Crippen LogP contribution < -0.4 is 5.32 Å². The third kappa shape index (κ3) is 3.88. The van der Waals surface area contributed by atoms with Crippen LogP contribution in [0.1, 0.15) is 55.8 Å². The zero-order chi connectivity index (χ0) is 21.5. The molecule has 3 fully saturated rings. The van der Waals surface area contributed by atoms with E-state index in [4.69, 9.17) is 32.5 Å². The van der Waals surface area contributed by atoms with E-state index in [2.05, 4.69) is 20.5 Å². The van der Waals surface area contributed by atoms with Crippen LogP contribution >= 0.6 is 23.2 Å². The van der Waals surface area contributed by atoms with Crippen LogP contribution in [0.2, 0.25) is 10.0 Å². The summed E-state index contributed by atoms with van der Waals surface area (Å²) < 4.78 is 12.2. The predicted octanol–water partition coefficient (Wildman–Crippen LogP) is 5.00. The van der Waals surface area contributed by atoms with Crippen molar-refractivity contribution in [2.24, 2.45) is 5.16 Å². The number of benzene rings is 1. The number of fused-ring (bicyclic) bond motifs is 2. The average Bonchev–Trinajstić information content (AvgIpc) is 3.47. The molecule has 3 aliphatic rings. The minimum absolute atomic E-state index is 0.127. The monoisotopic (exact) mass is 464 g/mol. The van der Waals surface area contributed by atoms with Gasteiger partial charge in [0, 0.05) is 36.2 Å². The minimum Gasteiger partial charge on any atom is -0.408 e. The third-order valence-electron chi connectivity index (χ3n) is 6.68. The lowest BCUT2D eigenvalue weighted by atomic mass is 9.99. The van der Waals surface area contributed by atoms with Gasteiger partial charge < -0.3 is 24.7 Å². The summed E-state index contributed by atoms with van der Waals surface area (Å²) in [6, 6.07) is 6.07. The summed E-state index contributed by atoms with van der Waals surface area (Å²) in [6.45, 7) is 0.420. The van der Waals surface area contributed by atoms with Crippen molar-refractivity contribution in [1.29, 1.82) is 0 Å². The van der Waals surface area contributed by atoms with Crippen molar-refractivity contribution in [1.82, 2.24) is 15.4 Å². The number of rotatable bonds is 5. The molecule has 1 aromatic carbocycles. The van der Waals surface area contributed by atoms with Gasteiger partial charge in [0.05, 0.1) is 22.8 Å². The van der Waals surface area contributed by atoms with E-state index in [1.165, 1.54) is 0 Å². The highest BCUT2D eigenvalue weighted by Gasteiger charge is 2.43. The summed E-state index contributed by atoms with van der Waals surface area (Å²) in [6.07, 6.45) is 6.27. The number of hydrogen-bond donors (Lipinski definition) is 2. The van der Waals surface area contributed by atoms with Crippen molar-refractivity contribution in [3.63, 3.8) is 0 Å². The van der Waals surface area contributed by atoms with E-state index in [0.717, 1.165) is 49.8 Å². The molecule has 2 bridgehead atoms. The number of nitrogens with one attached hydrogen (secondary N) is 1. The van der Waals surface area contributed by atoms with Crippen LogP contribution in [0.15, 0.2) is 27.9 Å². The van der Waals surface area contributed by atoms with E-state index in [1.807, 2.05) is 18.2 Å². The molecule has 2 N–H and O–H groups in total. The van der Waals surface area contributed by atoms with Gasteiger partial charge in [0.1, 0.15) is 11.5 Å². The van der Waals surface area contributed by atoms with E-state index in [1.54, 1.807) is 7.05 Å². The van der Waals surface area contributed by atoms with E-state index in [9.17, 15) is 5.21 Å². The fraction of sp³-hybridized carbons (Fsp3) is 0.545. The van der Waals surface area contributed by atoms with Crippen LogP contribution in [-0.2, 0) is 11.3 Å². The zero-order valence-electron chi connectivity index (χ0n) is 17.4. The van der Waals surface area contributed by atoms with Gasteiger partial charge in [-0.25, -0.2) is 0 Å². The Morgan fingerprint density at radius 1 is 1.23 bits per heavy atom. The number of ether oxygens (including phenoxy) is 1. The highest BCUT2D eigenvalue weighted by Crippen LogP contribution is 2.46. The highest BCUT2D eigenvalue weighted by molar-refractivity contribution is 6.39. The van der Waals surface area contributed by atoms with Gasteiger partial charge in [-0.3, -0.25) is 0 Å². The normalized spacial score (nSPS) is 25.8. The number of halogens is 2. The Morgan fingerprint density at radius 2 is 1.90 bits per heavy atom. The van der Waals surface area contributed by atoms with Crippen LogP contribution in [-0.4, -0.2) is 46.5 Å². The molecular formula is C22H26Cl2N4O3. The molecule has 0 amide bonds. The average molecular weight is 465 g/mol. The standard InChI is InChI=1S/C22H26Cl2N4O3/c1-25-22(26-29)28-13-7-8-14(28)10-15(9-13)30-11-16-20(27-31-21(16)12-5-6-12)19-17(23)3-2-4-18(19)24/h2-4,12-15,29H,5-11H2,1H3,(H,25,26)/t13-,14+,15+. The van der Waals surface area contributed by atoms with Gasteiger partial charge in [-0.2, -0.15) is 0 Å². The molecule has 7 nitrogen and oxygen atoms in total. The topological polar surface area (TPSA) is 83.1 Å². The summed E-state index contributed by atoms with van der Waals surface area (Å²) in [5.41, 5.74) is 2.34. The van der Waals surface area contributed by atoms with Gasteiger partial charge in [-0.15, -0.1) is 0 Å².